The monoisotopic (exact) mass is 234 g/mol. The molecule has 1 heterocycles. The van der Waals surface area contributed by atoms with Crippen LogP contribution in [0.2, 0.25) is 0 Å². The lowest BCUT2D eigenvalue weighted by Crippen LogP contribution is -2.01. The van der Waals surface area contributed by atoms with Crippen LogP contribution in [-0.4, -0.2) is 22.9 Å². The van der Waals surface area contributed by atoms with Crippen LogP contribution in [0.25, 0.3) is 11.1 Å². The highest BCUT2D eigenvalue weighted by Crippen LogP contribution is 2.23. The smallest absolute Gasteiger partial charge is 0.337 e. The Balaban J connectivity index is 2.49. The first-order chi connectivity index (χ1) is 8.11. The average molecular weight is 234 g/mol. The Kier molecular flexibility index (Phi) is 2.91. The molecule has 2 rings (SSSR count). The van der Waals surface area contributed by atoms with E-state index >= 15 is 0 Å². The number of aromatic nitrogens is 2. The Morgan fingerprint density at radius 3 is 2.82 bits per heavy atom. The number of nitrogens with zero attached hydrogens (tertiary/aromatic N) is 2. The minimum absolute atomic E-state index is 0.313. The maximum absolute atomic E-state index is 13.6. The predicted octanol–water partition coefficient (Wildman–Crippen LogP) is 2.01. The van der Waals surface area contributed by atoms with E-state index in [1.54, 1.807) is 24.1 Å². The highest BCUT2D eigenvalue weighted by Gasteiger charge is 2.12. The van der Waals surface area contributed by atoms with Crippen LogP contribution in [0, 0.1) is 5.82 Å². The topological polar surface area (TPSA) is 44.1 Å². The minimum Gasteiger partial charge on any atom is -0.465 e. The summed E-state index contributed by atoms with van der Waals surface area (Å²) in [7, 11) is 3.03. The van der Waals surface area contributed by atoms with Gasteiger partial charge in [0.15, 0.2) is 0 Å². The lowest BCUT2D eigenvalue weighted by molar-refractivity contribution is 0.0600. The van der Waals surface area contributed by atoms with Crippen molar-refractivity contribution in [1.82, 2.24) is 9.78 Å². The van der Waals surface area contributed by atoms with Gasteiger partial charge in [-0.3, -0.25) is 4.68 Å². The van der Waals surface area contributed by atoms with E-state index in [1.165, 1.54) is 25.3 Å². The van der Waals surface area contributed by atoms with Crippen molar-refractivity contribution in [3.05, 3.63) is 42.0 Å². The Hall–Kier alpha value is -2.17. The molecule has 0 bridgehead atoms. The number of halogens is 1. The first-order valence-corrected chi connectivity index (χ1v) is 4.98. The van der Waals surface area contributed by atoms with Crippen LogP contribution in [0.4, 0.5) is 4.39 Å². The summed E-state index contributed by atoms with van der Waals surface area (Å²) in [6.45, 7) is 0. The quantitative estimate of drug-likeness (QED) is 0.746. The molecule has 0 amide bonds. The third kappa shape index (κ3) is 2.18. The largest absolute Gasteiger partial charge is 0.465 e. The summed E-state index contributed by atoms with van der Waals surface area (Å²) in [5.41, 5.74) is 1.27. The molecule has 0 aliphatic carbocycles. The zero-order valence-electron chi connectivity index (χ0n) is 9.48. The minimum atomic E-state index is -0.491. The van der Waals surface area contributed by atoms with Crippen molar-refractivity contribution in [2.24, 2.45) is 7.05 Å². The standard InChI is InChI=1S/C12H11FN2O2/c1-15-7-9(6-14-15)10-5-8(12(16)17-2)3-4-11(10)13/h3-7H,1-2H3. The Labute approximate surface area is 97.6 Å². The van der Waals surface area contributed by atoms with Crippen LogP contribution in [0.5, 0.6) is 0 Å². The fourth-order valence-corrected chi connectivity index (χ4v) is 1.55. The van der Waals surface area contributed by atoms with Gasteiger partial charge in [-0.15, -0.1) is 0 Å². The zero-order chi connectivity index (χ0) is 12.4. The second kappa shape index (κ2) is 4.37. The number of rotatable bonds is 2. The molecule has 1 aromatic carbocycles. The zero-order valence-corrected chi connectivity index (χ0v) is 9.48. The van der Waals surface area contributed by atoms with E-state index in [1.807, 2.05) is 0 Å². The molecule has 0 radical (unpaired) electrons. The first-order valence-electron chi connectivity index (χ1n) is 4.98. The summed E-state index contributed by atoms with van der Waals surface area (Å²) >= 11 is 0. The summed E-state index contributed by atoms with van der Waals surface area (Å²) in [4.78, 5) is 11.3. The molecule has 0 N–H and O–H groups in total. The van der Waals surface area contributed by atoms with Crippen molar-refractivity contribution >= 4 is 5.97 Å². The normalized spacial score (nSPS) is 10.3. The Morgan fingerprint density at radius 1 is 1.47 bits per heavy atom. The lowest BCUT2D eigenvalue weighted by Gasteiger charge is -2.03. The van der Waals surface area contributed by atoms with Crippen molar-refractivity contribution in [2.75, 3.05) is 7.11 Å². The predicted molar refractivity (Wildman–Crippen MR) is 59.9 cm³/mol. The summed E-state index contributed by atoms with van der Waals surface area (Å²) in [6.07, 6.45) is 3.22. The van der Waals surface area contributed by atoms with Gasteiger partial charge in [-0.25, -0.2) is 9.18 Å². The van der Waals surface area contributed by atoms with E-state index in [-0.39, 0.29) is 0 Å². The number of carbonyl (C=O) groups is 1. The van der Waals surface area contributed by atoms with Crippen molar-refractivity contribution < 1.29 is 13.9 Å². The van der Waals surface area contributed by atoms with E-state index < -0.39 is 11.8 Å². The van der Waals surface area contributed by atoms with Gasteiger partial charge in [0.25, 0.3) is 0 Å². The number of aryl methyl sites for hydroxylation is 1. The highest BCUT2D eigenvalue weighted by atomic mass is 19.1. The third-order valence-corrected chi connectivity index (χ3v) is 2.40. The van der Waals surface area contributed by atoms with Crippen LogP contribution in [0.1, 0.15) is 10.4 Å². The number of ether oxygens (including phenoxy) is 1. The number of hydrogen-bond acceptors (Lipinski definition) is 3. The molecule has 4 nitrogen and oxygen atoms in total. The maximum Gasteiger partial charge on any atom is 0.337 e. The third-order valence-electron chi connectivity index (χ3n) is 2.40. The number of benzene rings is 1. The molecule has 0 unspecified atom stereocenters. The van der Waals surface area contributed by atoms with E-state index in [4.69, 9.17) is 0 Å². The summed E-state index contributed by atoms with van der Waals surface area (Å²) in [6, 6.07) is 4.09. The molecule has 0 saturated carbocycles. The number of methoxy groups -OCH3 is 1. The average Bonchev–Trinajstić information content (AvgIpc) is 2.75. The molecule has 17 heavy (non-hydrogen) atoms. The van der Waals surface area contributed by atoms with Crippen molar-refractivity contribution in [2.45, 2.75) is 0 Å². The molecule has 0 atom stereocenters. The van der Waals surface area contributed by atoms with Crippen LogP contribution >= 0.6 is 0 Å². The van der Waals surface area contributed by atoms with Gasteiger partial charge in [0.1, 0.15) is 5.82 Å². The van der Waals surface area contributed by atoms with E-state index in [2.05, 4.69) is 9.84 Å². The van der Waals surface area contributed by atoms with Crippen LogP contribution in [0.3, 0.4) is 0 Å². The molecule has 0 fully saturated rings. The second-order valence-corrected chi connectivity index (χ2v) is 3.59. The van der Waals surface area contributed by atoms with Gasteiger partial charge < -0.3 is 4.74 Å². The Bertz CT molecular complexity index is 563. The molecule has 0 aliphatic rings. The summed E-state index contributed by atoms with van der Waals surface area (Å²) in [5.74, 6) is -0.888. The molecule has 1 aromatic heterocycles. The second-order valence-electron chi connectivity index (χ2n) is 3.59. The fourth-order valence-electron chi connectivity index (χ4n) is 1.55. The molecule has 0 saturated heterocycles. The van der Waals surface area contributed by atoms with Gasteiger partial charge in [-0.1, -0.05) is 0 Å². The van der Waals surface area contributed by atoms with Gasteiger partial charge in [0.05, 0.1) is 18.9 Å². The molecular weight excluding hydrogens is 223 g/mol. The van der Waals surface area contributed by atoms with E-state index in [0.29, 0.717) is 16.7 Å². The number of esters is 1. The van der Waals surface area contributed by atoms with Crippen molar-refractivity contribution in [1.29, 1.82) is 0 Å². The SMILES string of the molecule is COC(=O)c1ccc(F)c(-c2cnn(C)c2)c1. The highest BCUT2D eigenvalue weighted by molar-refractivity contribution is 5.91. The fraction of sp³-hybridized carbons (Fsp3) is 0.167. The Morgan fingerprint density at radius 2 is 2.24 bits per heavy atom. The van der Waals surface area contributed by atoms with E-state index in [9.17, 15) is 9.18 Å². The van der Waals surface area contributed by atoms with Gasteiger partial charge >= 0.3 is 5.97 Å². The van der Waals surface area contributed by atoms with Crippen LogP contribution in [-0.2, 0) is 11.8 Å². The molecule has 0 spiro atoms. The van der Waals surface area contributed by atoms with Crippen molar-refractivity contribution in [3.63, 3.8) is 0 Å². The van der Waals surface area contributed by atoms with Gasteiger partial charge in [-0.05, 0) is 18.2 Å². The lowest BCUT2D eigenvalue weighted by atomic mass is 10.1. The van der Waals surface area contributed by atoms with Gasteiger partial charge in [-0.2, -0.15) is 5.10 Å². The van der Waals surface area contributed by atoms with E-state index in [0.717, 1.165) is 0 Å². The number of hydrogen-bond donors (Lipinski definition) is 0. The molecule has 0 aliphatic heterocycles. The first kappa shape index (κ1) is 11.3. The summed E-state index contributed by atoms with van der Waals surface area (Å²) < 4.78 is 19.8. The van der Waals surface area contributed by atoms with Crippen LogP contribution < -0.4 is 0 Å². The molecule has 5 heteroatoms. The van der Waals surface area contributed by atoms with Crippen molar-refractivity contribution in [3.8, 4) is 11.1 Å². The summed E-state index contributed by atoms with van der Waals surface area (Å²) in [5, 5.41) is 3.96. The van der Waals surface area contributed by atoms with Crippen LogP contribution in [0.15, 0.2) is 30.6 Å². The number of carbonyl (C=O) groups excluding carboxylic acids is 1. The van der Waals surface area contributed by atoms with Gasteiger partial charge in [0, 0.05) is 24.4 Å². The molecular formula is C12H11FN2O2. The maximum atomic E-state index is 13.6. The van der Waals surface area contributed by atoms with Gasteiger partial charge in [0.2, 0.25) is 0 Å². The molecule has 88 valence electrons. The molecule has 2 aromatic rings.